The van der Waals surface area contributed by atoms with E-state index in [9.17, 15) is 13.2 Å². The Bertz CT molecular complexity index is 377. The van der Waals surface area contributed by atoms with E-state index in [1.807, 2.05) is 13.8 Å². The summed E-state index contributed by atoms with van der Waals surface area (Å²) in [7, 11) is 0. The number of rotatable bonds is 4. The topological polar surface area (TPSA) is 18.5 Å². The lowest BCUT2D eigenvalue weighted by atomic mass is 10.2. The predicted octanol–water partition coefficient (Wildman–Crippen LogP) is 4.38. The zero-order valence-corrected chi connectivity index (χ0v) is 10.9. The molecule has 0 spiro atoms. The standard InChI is InChI=1S/C11H12BrF3O2/c1-7(2)6-16-9-3-8(12)4-10(5-9)17-11(13,14)15/h3-5,7H,6H2,1-2H3. The zero-order chi connectivity index (χ0) is 13.1. The van der Waals surface area contributed by atoms with Gasteiger partial charge < -0.3 is 9.47 Å². The highest BCUT2D eigenvalue weighted by atomic mass is 79.9. The Balaban J connectivity index is 2.79. The quantitative estimate of drug-likeness (QED) is 0.821. The first-order valence-corrected chi connectivity index (χ1v) is 5.74. The first kappa shape index (κ1) is 14.2. The van der Waals surface area contributed by atoms with Gasteiger partial charge in [0.25, 0.3) is 0 Å². The predicted molar refractivity (Wildman–Crippen MR) is 61.2 cm³/mol. The van der Waals surface area contributed by atoms with Crippen LogP contribution in [0.1, 0.15) is 13.8 Å². The third-order valence-corrected chi connectivity index (χ3v) is 2.12. The van der Waals surface area contributed by atoms with E-state index in [4.69, 9.17) is 4.74 Å². The van der Waals surface area contributed by atoms with E-state index in [-0.39, 0.29) is 5.75 Å². The van der Waals surface area contributed by atoms with Crippen molar-refractivity contribution >= 4 is 15.9 Å². The molecule has 17 heavy (non-hydrogen) atoms. The third kappa shape index (κ3) is 5.81. The van der Waals surface area contributed by atoms with E-state index >= 15 is 0 Å². The summed E-state index contributed by atoms with van der Waals surface area (Å²) in [6.07, 6.45) is -4.70. The van der Waals surface area contributed by atoms with Crippen LogP contribution in [0.2, 0.25) is 0 Å². The van der Waals surface area contributed by atoms with Gasteiger partial charge in [0.2, 0.25) is 0 Å². The van der Waals surface area contributed by atoms with Gasteiger partial charge in [-0.3, -0.25) is 0 Å². The summed E-state index contributed by atoms with van der Waals surface area (Å²) in [6.45, 7) is 4.33. The molecule has 1 rings (SSSR count). The van der Waals surface area contributed by atoms with Gasteiger partial charge in [-0.15, -0.1) is 13.2 Å². The van der Waals surface area contributed by atoms with E-state index in [1.165, 1.54) is 12.1 Å². The van der Waals surface area contributed by atoms with Crippen molar-refractivity contribution in [2.24, 2.45) is 5.92 Å². The van der Waals surface area contributed by atoms with Gasteiger partial charge in [-0.1, -0.05) is 29.8 Å². The van der Waals surface area contributed by atoms with Crippen molar-refractivity contribution in [2.75, 3.05) is 6.61 Å². The van der Waals surface area contributed by atoms with Gasteiger partial charge in [-0.25, -0.2) is 0 Å². The summed E-state index contributed by atoms with van der Waals surface area (Å²) in [6, 6.07) is 4.03. The molecular formula is C11H12BrF3O2. The van der Waals surface area contributed by atoms with Crippen molar-refractivity contribution in [3.05, 3.63) is 22.7 Å². The van der Waals surface area contributed by atoms with E-state index < -0.39 is 6.36 Å². The van der Waals surface area contributed by atoms with Crippen molar-refractivity contribution in [2.45, 2.75) is 20.2 Å². The van der Waals surface area contributed by atoms with Gasteiger partial charge in [0.15, 0.2) is 0 Å². The van der Waals surface area contributed by atoms with Crippen molar-refractivity contribution < 1.29 is 22.6 Å². The Hall–Kier alpha value is -0.910. The first-order chi connectivity index (χ1) is 7.76. The summed E-state index contributed by atoms with van der Waals surface area (Å²) in [5, 5.41) is 0. The van der Waals surface area contributed by atoms with Gasteiger partial charge in [0.1, 0.15) is 11.5 Å². The monoisotopic (exact) mass is 312 g/mol. The summed E-state index contributed by atoms with van der Waals surface area (Å²) in [5.41, 5.74) is 0. The fraction of sp³-hybridized carbons (Fsp3) is 0.455. The minimum absolute atomic E-state index is 0.293. The van der Waals surface area contributed by atoms with Crippen LogP contribution in [0, 0.1) is 5.92 Å². The molecule has 1 aromatic carbocycles. The molecule has 2 nitrogen and oxygen atoms in total. The molecule has 0 amide bonds. The van der Waals surface area contributed by atoms with Crippen LogP contribution in [0.25, 0.3) is 0 Å². The molecular weight excluding hydrogens is 301 g/mol. The minimum atomic E-state index is -4.70. The average Bonchev–Trinajstić information content (AvgIpc) is 2.10. The largest absolute Gasteiger partial charge is 0.573 e. The second-order valence-electron chi connectivity index (χ2n) is 3.88. The minimum Gasteiger partial charge on any atom is -0.493 e. The lowest BCUT2D eigenvalue weighted by Gasteiger charge is -2.12. The fourth-order valence-electron chi connectivity index (χ4n) is 1.08. The molecule has 1 aromatic rings. The summed E-state index contributed by atoms with van der Waals surface area (Å²) in [5.74, 6) is 0.332. The normalized spacial score (nSPS) is 11.7. The van der Waals surface area contributed by atoms with Crippen LogP contribution < -0.4 is 9.47 Å². The highest BCUT2D eigenvalue weighted by molar-refractivity contribution is 9.10. The maximum absolute atomic E-state index is 12.0. The molecule has 6 heteroatoms. The summed E-state index contributed by atoms with van der Waals surface area (Å²) >= 11 is 3.10. The average molecular weight is 313 g/mol. The number of benzene rings is 1. The highest BCUT2D eigenvalue weighted by Crippen LogP contribution is 2.30. The van der Waals surface area contributed by atoms with Crippen LogP contribution in [0.5, 0.6) is 11.5 Å². The van der Waals surface area contributed by atoms with Gasteiger partial charge >= 0.3 is 6.36 Å². The molecule has 96 valence electrons. The number of hydrogen-bond donors (Lipinski definition) is 0. The second-order valence-corrected chi connectivity index (χ2v) is 4.79. The van der Waals surface area contributed by atoms with Crippen molar-refractivity contribution in [3.8, 4) is 11.5 Å². The maximum Gasteiger partial charge on any atom is 0.573 e. The fourth-order valence-corrected chi connectivity index (χ4v) is 1.53. The van der Waals surface area contributed by atoms with Crippen LogP contribution in [-0.4, -0.2) is 13.0 Å². The number of halogens is 4. The molecule has 0 aliphatic rings. The lowest BCUT2D eigenvalue weighted by Crippen LogP contribution is -2.17. The van der Waals surface area contributed by atoms with Gasteiger partial charge in [-0.2, -0.15) is 0 Å². The number of ether oxygens (including phenoxy) is 2. The Morgan fingerprint density at radius 2 is 1.76 bits per heavy atom. The van der Waals surface area contributed by atoms with Crippen LogP contribution in [0.4, 0.5) is 13.2 Å². The van der Waals surface area contributed by atoms with Gasteiger partial charge in [0, 0.05) is 10.5 Å². The highest BCUT2D eigenvalue weighted by Gasteiger charge is 2.31. The van der Waals surface area contributed by atoms with Crippen LogP contribution in [-0.2, 0) is 0 Å². The Morgan fingerprint density at radius 1 is 1.18 bits per heavy atom. The van der Waals surface area contributed by atoms with Crippen LogP contribution >= 0.6 is 15.9 Å². The molecule has 0 radical (unpaired) electrons. The van der Waals surface area contributed by atoms with E-state index in [2.05, 4.69) is 20.7 Å². The van der Waals surface area contributed by atoms with Crippen molar-refractivity contribution in [3.63, 3.8) is 0 Å². The summed E-state index contributed by atoms with van der Waals surface area (Å²) in [4.78, 5) is 0. The zero-order valence-electron chi connectivity index (χ0n) is 9.34. The second kappa shape index (κ2) is 5.62. The molecule has 0 atom stereocenters. The summed E-state index contributed by atoms with van der Waals surface area (Å²) < 4.78 is 45.7. The van der Waals surface area contributed by atoms with Crippen molar-refractivity contribution in [1.82, 2.24) is 0 Å². The number of hydrogen-bond acceptors (Lipinski definition) is 2. The first-order valence-electron chi connectivity index (χ1n) is 4.95. The molecule has 0 N–H and O–H groups in total. The Kier molecular flexibility index (Phi) is 4.68. The molecule has 0 saturated heterocycles. The van der Waals surface area contributed by atoms with Crippen LogP contribution in [0.3, 0.4) is 0 Å². The Morgan fingerprint density at radius 3 is 2.29 bits per heavy atom. The van der Waals surface area contributed by atoms with E-state index in [1.54, 1.807) is 6.07 Å². The Labute approximate surface area is 106 Å². The SMILES string of the molecule is CC(C)COc1cc(Br)cc(OC(F)(F)F)c1. The molecule has 0 aromatic heterocycles. The van der Waals surface area contributed by atoms with Gasteiger partial charge in [-0.05, 0) is 18.1 Å². The van der Waals surface area contributed by atoms with Crippen LogP contribution in [0.15, 0.2) is 22.7 Å². The van der Waals surface area contributed by atoms with E-state index in [0.717, 1.165) is 0 Å². The third-order valence-electron chi connectivity index (χ3n) is 1.66. The molecule has 0 unspecified atom stereocenters. The molecule has 0 aliphatic carbocycles. The smallest absolute Gasteiger partial charge is 0.493 e. The molecule has 0 fully saturated rings. The number of alkyl halides is 3. The lowest BCUT2D eigenvalue weighted by molar-refractivity contribution is -0.274. The molecule has 0 bridgehead atoms. The maximum atomic E-state index is 12.0. The van der Waals surface area contributed by atoms with Crippen molar-refractivity contribution in [1.29, 1.82) is 0 Å². The van der Waals surface area contributed by atoms with Gasteiger partial charge in [0.05, 0.1) is 6.61 Å². The molecule has 0 heterocycles. The molecule has 0 aliphatic heterocycles. The van der Waals surface area contributed by atoms with E-state index in [0.29, 0.717) is 22.7 Å². The molecule has 0 saturated carbocycles.